The van der Waals surface area contributed by atoms with Gasteiger partial charge in [-0.2, -0.15) is 0 Å². The van der Waals surface area contributed by atoms with E-state index < -0.39 is 0 Å². The lowest BCUT2D eigenvalue weighted by atomic mass is 10.1. The second kappa shape index (κ2) is 9.04. The SMILES string of the molecule is C=CCc1cc(OC)c(O[C@@H](C)Cc2ccc(O)c(OC)c2)c(OC)c1. The van der Waals surface area contributed by atoms with Crippen LogP contribution in [0.15, 0.2) is 43.0 Å². The number of allylic oxidation sites excluding steroid dienone is 1. The smallest absolute Gasteiger partial charge is 0.203 e. The van der Waals surface area contributed by atoms with Gasteiger partial charge in [-0.3, -0.25) is 0 Å². The number of methoxy groups -OCH3 is 3. The van der Waals surface area contributed by atoms with Crippen molar-refractivity contribution in [2.24, 2.45) is 0 Å². The highest BCUT2D eigenvalue weighted by Gasteiger charge is 2.17. The summed E-state index contributed by atoms with van der Waals surface area (Å²) >= 11 is 0. The summed E-state index contributed by atoms with van der Waals surface area (Å²) in [5.74, 6) is 2.37. The van der Waals surface area contributed by atoms with Gasteiger partial charge in [0.25, 0.3) is 0 Å². The van der Waals surface area contributed by atoms with Crippen molar-refractivity contribution in [1.82, 2.24) is 0 Å². The molecule has 5 heteroatoms. The van der Waals surface area contributed by atoms with Crippen LogP contribution in [0.25, 0.3) is 0 Å². The molecule has 0 aromatic heterocycles. The first-order valence-electron chi connectivity index (χ1n) is 8.40. The van der Waals surface area contributed by atoms with E-state index in [2.05, 4.69) is 6.58 Å². The molecule has 0 radical (unpaired) electrons. The maximum absolute atomic E-state index is 9.71. The first-order chi connectivity index (χ1) is 12.5. The van der Waals surface area contributed by atoms with Gasteiger partial charge in [0.15, 0.2) is 23.0 Å². The highest BCUT2D eigenvalue weighted by Crippen LogP contribution is 2.39. The lowest BCUT2D eigenvalue weighted by Gasteiger charge is -2.20. The molecule has 0 heterocycles. The molecule has 1 N–H and O–H groups in total. The van der Waals surface area contributed by atoms with Crippen molar-refractivity contribution in [3.8, 4) is 28.7 Å². The van der Waals surface area contributed by atoms with Crippen LogP contribution in [0.1, 0.15) is 18.1 Å². The summed E-state index contributed by atoms with van der Waals surface area (Å²) in [6.45, 7) is 5.73. The van der Waals surface area contributed by atoms with Gasteiger partial charge >= 0.3 is 0 Å². The highest BCUT2D eigenvalue weighted by molar-refractivity contribution is 5.54. The van der Waals surface area contributed by atoms with Crippen LogP contribution in [-0.4, -0.2) is 32.5 Å². The summed E-state index contributed by atoms with van der Waals surface area (Å²) in [4.78, 5) is 0. The van der Waals surface area contributed by atoms with Gasteiger partial charge in [0.05, 0.1) is 21.3 Å². The Hall–Kier alpha value is -2.82. The fourth-order valence-corrected chi connectivity index (χ4v) is 2.76. The molecule has 0 bridgehead atoms. The van der Waals surface area contributed by atoms with E-state index in [1.165, 1.54) is 7.11 Å². The van der Waals surface area contributed by atoms with Crippen molar-refractivity contribution in [2.45, 2.75) is 25.9 Å². The molecule has 0 amide bonds. The average molecular weight is 358 g/mol. The van der Waals surface area contributed by atoms with E-state index in [-0.39, 0.29) is 11.9 Å². The Morgan fingerprint density at radius 2 is 1.54 bits per heavy atom. The van der Waals surface area contributed by atoms with E-state index in [4.69, 9.17) is 18.9 Å². The Kier molecular flexibility index (Phi) is 6.78. The Morgan fingerprint density at radius 3 is 2.08 bits per heavy atom. The van der Waals surface area contributed by atoms with Gasteiger partial charge in [0.1, 0.15) is 6.10 Å². The zero-order chi connectivity index (χ0) is 19.1. The topological polar surface area (TPSA) is 57.2 Å². The van der Waals surface area contributed by atoms with Crippen LogP contribution in [0.5, 0.6) is 28.7 Å². The van der Waals surface area contributed by atoms with E-state index in [0.29, 0.717) is 29.4 Å². The summed E-state index contributed by atoms with van der Waals surface area (Å²) < 4.78 is 22.2. The van der Waals surface area contributed by atoms with Gasteiger partial charge in [0, 0.05) is 6.42 Å². The number of hydrogen-bond donors (Lipinski definition) is 1. The molecule has 0 spiro atoms. The predicted molar refractivity (Wildman–Crippen MR) is 102 cm³/mol. The first kappa shape index (κ1) is 19.5. The molecule has 0 aliphatic rings. The second-order valence-electron chi connectivity index (χ2n) is 5.96. The highest BCUT2D eigenvalue weighted by atomic mass is 16.5. The van der Waals surface area contributed by atoms with Gasteiger partial charge in [-0.1, -0.05) is 12.1 Å². The quantitative estimate of drug-likeness (QED) is 0.682. The van der Waals surface area contributed by atoms with Crippen LogP contribution in [0.2, 0.25) is 0 Å². The van der Waals surface area contributed by atoms with Gasteiger partial charge in [-0.15, -0.1) is 6.58 Å². The molecule has 5 nitrogen and oxygen atoms in total. The monoisotopic (exact) mass is 358 g/mol. The average Bonchev–Trinajstić information content (AvgIpc) is 2.64. The van der Waals surface area contributed by atoms with Crippen LogP contribution in [-0.2, 0) is 12.8 Å². The van der Waals surface area contributed by atoms with Crippen molar-refractivity contribution in [1.29, 1.82) is 0 Å². The number of phenolic OH excluding ortho intramolecular Hbond substituents is 1. The third kappa shape index (κ3) is 4.63. The molecule has 2 aromatic rings. The van der Waals surface area contributed by atoms with Crippen LogP contribution in [0.3, 0.4) is 0 Å². The number of benzene rings is 2. The van der Waals surface area contributed by atoms with Gasteiger partial charge in [-0.05, 0) is 48.7 Å². The largest absolute Gasteiger partial charge is 0.504 e. The molecule has 0 aliphatic heterocycles. The van der Waals surface area contributed by atoms with E-state index in [9.17, 15) is 5.11 Å². The number of phenols is 1. The summed E-state index contributed by atoms with van der Waals surface area (Å²) in [6, 6.07) is 9.12. The molecule has 0 aliphatic carbocycles. The van der Waals surface area contributed by atoms with Crippen LogP contribution in [0, 0.1) is 0 Å². The number of ether oxygens (including phenoxy) is 4. The third-order valence-corrected chi connectivity index (χ3v) is 3.99. The molecular weight excluding hydrogens is 332 g/mol. The number of hydrogen-bond acceptors (Lipinski definition) is 5. The number of aromatic hydroxyl groups is 1. The van der Waals surface area contributed by atoms with Gasteiger partial charge < -0.3 is 24.1 Å². The lowest BCUT2D eigenvalue weighted by molar-refractivity contribution is 0.201. The number of rotatable bonds is 9. The minimum Gasteiger partial charge on any atom is -0.504 e. The standard InChI is InChI=1S/C21H26O5/c1-6-7-15-12-19(24-4)21(20(13-15)25-5)26-14(2)10-16-8-9-17(22)18(11-16)23-3/h6,8-9,11-14,22H,1,7,10H2,2-5H3/t14-/m0/s1. The molecule has 0 saturated heterocycles. The van der Waals surface area contributed by atoms with E-state index in [1.54, 1.807) is 26.4 Å². The molecule has 2 aromatic carbocycles. The minimum absolute atomic E-state index is 0.117. The molecule has 2 rings (SSSR count). The van der Waals surface area contributed by atoms with E-state index >= 15 is 0 Å². The summed E-state index contributed by atoms with van der Waals surface area (Å²) in [7, 11) is 4.74. The maximum Gasteiger partial charge on any atom is 0.203 e. The summed E-state index contributed by atoms with van der Waals surface area (Å²) in [5.41, 5.74) is 2.03. The van der Waals surface area contributed by atoms with Crippen LogP contribution >= 0.6 is 0 Å². The molecule has 0 unspecified atom stereocenters. The minimum atomic E-state index is -0.141. The van der Waals surface area contributed by atoms with E-state index in [1.807, 2.05) is 31.2 Å². The molecular formula is C21H26O5. The molecule has 1 atom stereocenters. The predicted octanol–water partition coefficient (Wildman–Crippen LogP) is 4.16. The molecule has 0 fully saturated rings. The molecule has 26 heavy (non-hydrogen) atoms. The normalized spacial score (nSPS) is 11.5. The molecule has 140 valence electrons. The Balaban J connectivity index is 2.22. The Labute approximate surface area is 154 Å². The van der Waals surface area contributed by atoms with E-state index in [0.717, 1.165) is 17.5 Å². The zero-order valence-electron chi connectivity index (χ0n) is 15.7. The zero-order valence-corrected chi connectivity index (χ0v) is 15.7. The van der Waals surface area contributed by atoms with Crippen molar-refractivity contribution in [3.05, 3.63) is 54.1 Å². The fourth-order valence-electron chi connectivity index (χ4n) is 2.76. The second-order valence-corrected chi connectivity index (χ2v) is 5.96. The van der Waals surface area contributed by atoms with Crippen molar-refractivity contribution in [2.75, 3.05) is 21.3 Å². The Bertz CT molecular complexity index is 729. The Morgan fingerprint density at radius 1 is 0.962 bits per heavy atom. The maximum atomic E-state index is 9.71. The first-order valence-corrected chi connectivity index (χ1v) is 8.40. The summed E-state index contributed by atoms with van der Waals surface area (Å²) in [6.07, 6.45) is 3.04. The van der Waals surface area contributed by atoms with Crippen LogP contribution in [0.4, 0.5) is 0 Å². The lowest BCUT2D eigenvalue weighted by Crippen LogP contribution is -2.16. The van der Waals surface area contributed by atoms with Crippen LogP contribution < -0.4 is 18.9 Å². The van der Waals surface area contributed by atoms with Crippen molar-refractivity contribution < 1.29 is 24.1 Å². The van der Waals surface area contributed by atoms with Crippen molar-refractivity contribution in [3.63, 3.8) is 0 Å². The third-order valence-electron chi connectivity index (χ3n) is 3.99. The fraction of sp³-hybridized carbons (Fsp3) is 0.333. The van der Waals surface area contributed by atoms with Crippen molar-refractivity contribution >= 4 is 0 Å². The summed E-state index contributed by atoms with van der Waals surface area (Å²) in [5, 5.41) is 9.71. The molecule has 0 saturated carbocycles. The van der Waals surface area contributed by atoms with Gasteiger partial charge in [-0.25, -0.2) is 0 Å². The van der Waals surface area contributed by atoms with Gasteiger partial charge in [0.2, 0.25) is 5.75 Å².